The quantitative estimate of drug-likeness (QED) is 0.0222. The Morgan fingerprint density at radius 2 is 0.535 bits per heavy atom. The molecule has 0 spiro atoms. The molecule has 0 bridgehead atoms. The molecule has 0 aromatic heterocycles. The summed E-state index contributed by atoms with van der Waals surface area (Å²) in [5.41, 5.74) is 0. The van der Waals surface area contributed by atoms with Crippen LogP contribution in [-0.2, 0) is 65.4 Å². The number of aliphatic hydroxyl groups excluding tert-OH is 1. The van der Waals surface area contributed by atoms with Crippen molar-refractivity contribution in [2.75, 3.05) is 39.6 Å². The fraction of sp³-hybridized carbons (Fsp3) is 0.940. The Morgan fingerprint density at radius 3 is 0.791 bits per heavy atom. The maximum Gasteiger partial charge on any atom is 0.472 e. The van der Waals surface area contributed by atoms with E-state index in [9.17, 15) is 43.2 Å². The molecule has 0 rings (SSSR count). The Balaban J connectivity index is 5.22. The summed E-state index contributed by atoms with van der Waals surface area (Å²) in [6.07, 6.45) is 43.0. The maximum absolute atomic E-state index is 13.0. The number of phosphoric acid groups is 2. The first-order valence-electron chi connectivity index (χ1n) is 35.0. The van der Waals surface area contributed by atoms with Crippen molar-refractivity contribution < 1.29 is 80.2 Å². The van der Waals surface area contributed by atoms with E-state index in [1.807, 2.05) is 0 Å². The number of esters is 4. The van der Waals surface area contributed by atoms with Gasteiger partial charge in [0.1, 0.15) is 19.3 Å². The van der Waals surface area contributed by atoms with Gasteiger partial charge in [-0.2, -0.15) is 0 Å². The summed E-state index contributed by atoms with van der Waals surface area (Å²) in [7, 11) is -9.89. The van der Waals surface area contributed by atoms with E-state index in [1.165, 1.54) is 148 Å². The Hall–Kier alpha value is -1.94. The lowest BCUT2D eigenvalue weighted by Crippen LogP contribution is -2.30. The minimum atomic E-state index is -4.95. The largest absolute Gasteiger partial charge is 0.472 e. The standard InChI is InChI=1S/C67H130O17P2/c1-7-9-11-13-15-17-26-33-39-45-51-66(71)83-62(55-77-64(69)49-43-37-31-16-14-12-10-8-2)57-81-85(73,74)79-53-61(68)54-80-86(75,76)82-58-63(56-78-65(70)50-44-38-32-27-23-22-25-30-36-42-48-60(5)6)84-67(72)52-46-40-34-28-21-19-18-20-24-29-35-41-47-59(3)4/h59-63,68H,7-58H2,1-6H3,(H,73,74)(H,75,76)/t61-,62+,63+/m0/s1. The van der Waals surface area contributed by atoms with Crippen molar-refractivity contribution in [1.82, 2.24) is 0 Å². The first-order valence-corrected chi connectivity index (χ1v) is 38.0. The number of carbonyl (C=O) groups excluding carboxylic acids is 4. The number of unbranched alkanes of at least 4 members (excludes halogenated alkanes) is 36. The lowest BCUT2D eigenvalue weighted by atomic mass is 10.0. The van der Waals surface area contributed by atoms with Gasteiger partial charge >= 0.3 is 39.5 Å². The molecule has 0 aromatic carbocycles. The number of phosphoric ester groups is 2. The zero-order chi connectivity index (χ0) is 63.6. The second-order valence-electron chi connectivity index (χ2n) is 25.2. The lowest BCUT2D eigenvalue weighted by molar-refractivity contribution is -0.161. The van der Waals surface area contributed by atoms with E-state index in [4.69, 9.17) is 37.0 Å². The minimum absolute atomic E-state index is 0.106. The molecule has 0 aliphatic carbocycles. The fourth-order valence-corrected chi connectivity index (χ4v) is 11.6. The summed E-state index contributed by atoms with van der Waals surface area (Å²) in [5, 5.41) is 10.6. The van der Waals surface area contributed by atoms with Crippen LogP contribution in [-0.4, -0.2) is 96.7 Å². The summed E-state index contributed by atoms with van der Waals surface area (Å²) in [6, 6.07) is 0. The SMILES string of the molecule is CCCCCCCCCCCCC(=O)O[C@H](COC(=O)CCCCCCCCCC)COP(=O)(O)OC[C@H](O)COP(=O)(O)OC[C@@H](COC(=O)CCCCCCCCCCCCC(C)C)OC(=O)CCCCCCCCCCCCCCC(C)C. The highest BCUT2D eigenvalue weighted by molar-refractivity contribution is 7.47. The molecular weight excluding hydrogens is 1140 g/mol. The molecule has 0 aliphatic heterocycles. The normalized spacial score (nSPS) is 14.2. The molecule has 0 saturated carbocycles. The van der Waals surface area contributed by atoms with Crippen LogP contribution in [0.2, 0.25) is 0 Å². The lowest BCUT2D eigenvalue weighted by Gasteiger charge is -2.21. The van der Waals surface area contributed by atoms with Gasteiger partial charge in [-0.3, -0.25) is 37.3 Å². The second kappa shape index (κ2) is 59.4. The molecule has 0 aliphatic rings. The molecule has 2 unspecified atom stereocenters. The third-order valence-corrected chi connectivity index (χ3v) is 17.4. The molecule has 0 radical (unpaired) electrons. The monoisotopic (exact) mass is 1270 g/mol. The molecule has 0 saturated heterocycles. The van der Waals surface area contributed by atoms with Gasteiger partial charge in [0, 0.05) is 25.7 Å². The van der Waals surface area contributed by atoms with Gasteiger partial charge < -0.3 is 33.8 Å². The van der Waals surface area contributed by atoms with Crippen molar-refractivity contribution in [3.05, 3.63) is 0 Å². The Kier molecular flexibility index (Phi) is 58.0. The molecule has 19 heteroatoms. The van der Waals surface area contributed by atoms with Crippen molar-refractivity contribution in [3.8, 4) is 0 Å². The Bertz CT molecular complexity index is 1680. The maximum atomic E-state index is 13.0. The molecule has 86 heavy (non-hydrogen) atoms. The summed E-state index contributed by atoms with van der Waals surface area (Å²) in [6.45, 7) is 9.49. The van der Waals surface area contributed by atoms with Crippen LogP contribution in [0.25, 0.3) is 0 Å². The number of carbonyl (C=O) groups is 4. The first kappa shape index (κ1) is 84.1. The minimum Gasteiger partial charge on any atom is -0.462 e. The predicted octanol–water partition coefficient (Wildman–Crippen LogP) is 18.8. The third kappa shape index (κ3) is 60.9. The van der Waals surface area contributed by atoms with E-state index in [0.29, 0.717) is 25.7 Å². The molecule has 17 nitrogen and oxygen atoms in total. The second-order valence-corrected chi connectivity index (χ2v) is 28.1. The number of rotatable bonds is 66. The van der Waals surface area contributed by atoms with Crippen LogP contribution in [0.15, 0.2) is 0 Å². The van der Waals surface area contributed by atoms with Crippen molar-refractivity contribution in [2.45, 2.75) is 355 Å². The van der Waals surface area contributed by atoms with E-state index in [1.54, 1.807) is 0 Å². The van der Waals surface area contributed by atoms with Gasteiger partial charge in [0.25, 0.3) is 0 Å². The summed E-state index contributed by atoms with van der Waals surface area (Å²) in [5.74, 6) is -0.595. The smallest absolute Gasteiger partial charge is 0.462 e. The third-order valence-electron chi connectivity index (χ3n) is 15.5. The Labute approximate surface area is 524 Å². The van der Waals surface area contributed by atoms with E-state index in [2.05, 4.69) is 41.5 Å². The molecule has 0 amide bonds. The molecule has 0 aromatic rings. The molecule has 5 atom stereocenters. The number of hydrogen-bond donors (Lipinski definition) is 3. The van der Waals surface area contributed by atoms with Crippen LogP contribution in [0.1, 0.15) is 337 Å². The van der Waals surface area contributed by atoms with Crippen LogP contribution >= 0.6 is 15.6 Å². The number of aliphatic hydroxyl groups is 1. The van der Waals surface area contributed by atoms with Gasteiger partial charge in [-0.1, -0.05) is 286 Å². The molecule has 3 N–H and O–H groups in total. The van der Waals surface area contributed by atoms with Crippen molar-refractivity contribution in [3.63, 3.8) is 0 Å². The molecular formula is C67H130O17P2. The van der Waals surface area contributed by atoms with Gasteiger partial charge in [-0.15, -0.1) is 0 Å². The highest BCUT2D eigenvalue weighted by Crippen LogP contribution is 2.45. The molecule has 0 fully saturated rings. The highest BCUT2D eigenvalue weighted by Gasteiger charge is 2.30. The number of ether oxygens (including phenoxy) is 4. The van der Waals surface area contributed by atoms with Crippen LogP contribution in [0, 0.1) is 11.8 Å². The average molecular weight is 1270 g/mol. The van der Waals surface area contributed by atoms with Gasteiger partial charge in [0.2, 0.25) is 0 Å². The van der Waals surface area contributed by atoms with Crippen molar-refractivity contribution in [1.29, 1.82) is 0 Å². The highest BCUT2D eigenvalue weighted by atomic mass is 31.2. The van der Waals surface area contributed by atoms with Crippen molar-refractivity contribution >= 4 is 39.5 Å². The van der Waals surface area contributed by atoms with Crippen LogP contribution in [0.5, 0.6) is 0 Å². The predicted molar refractivity (Wildman–Crippen MR) is 345 cm³/mol. The summed E-state index contributed by atoms with van der Waals surface area (Å²) in [4.78, 5) is 72.3. The van der Waals surface area contributed by atoms with E-state index in [-0.39, 0.29) is 25.7 Å². The van der Waals surface area contributed by atoms with E-state index < -0.39 is 97.5 Å². The Morgan fingerprint density at radius 1 is 0.314 bits per heavy atom. The average Bonchev–Trinajstić information content (AvgIpc) is 3.51. The van der Waals surface area contributed by atoms with Crippen LogP contribution < -0.4 is 0 Å². The summed E-state index contributed by atoms with van der Waals surface area (Å²) < 4.78 is 68.1. The van der Waals surface area contributed by atoms with Gasteiger partial charge in [-0.25, -0.2) is 9.13 Å². The first-order chi connectivity index (χ1) is 41.4. The van der Waals surface area contributed by atoms with Crippen molar-refractivity contribution in [2.24, 2.45) is 11.8 Å². The van der Waals surface area contributed by atoms with Gasteiger partial charge in [-0.05, 0) is 37.5 Å². The van der Waals surface area contributed by atoms with Gasteiger partial charge in [0.15, 0.2) is 12.2 Å². The topological polar surface area (TPSA) is 237 Å². The van der Waals surface area contributed by atoms with Crippen LogP contribution in [0.4, 0.5) is 0 Å². The molecule has 510 valence electrons. The fourth-order valence-electron chi connectivity index (χ4n) is 10.1. The van der Waals surface area contributed by atoms with Gasteiger partial charge in [0.05, 0.1) is 26.4 Å². The van der Waals surface area contributed by atoms with Crippen LogP contribution in [0.3, 0.4) is 0 Å². The summed E-state index contributed by atoms with van der Waals surface area (Å²) >= 11 is 0. The van der Waals surface area contributed by atoms with E-state index >= 15 is 0 Å². The molecule has 0 heterocycles. The number of hydrogen-bond acceptors (Lipinski definition) is 15. The zero-order valence-corrected chi connectivity index (χ0v) is 57.4. The van der Waals surface area contributed by atoms with E-state index in [0.717, 1.165) is 108 Å². The zero-order valence-electron chi connectivity index (χ0n) is 55.6.